The Kier molecular flexibility index (Phi) is 3.60. The molecule has 0 spiro atoms. The van der Waals surface area contributed by atoms with E-state index < -0.39 is 29.4 Å². The van der Waals surface area contributed by atoms with Crippen LogP contribution in [0.2, 0.25) is 0 Å². The van der Waals surface area contributed by atoms with Crippen molar-refractivity contribution in [3.8, 4) is 0 Å². The van der Waals surface area contributed by atoms with Gasteiger partial charge in [0, 0.05) is 11.1 Å². The highest BCUT2D eigenvalue weighted by atomic mass is 19.4. The lowest BCUT2D eigenvalue weighted by atomic mass is 9.88. The summed E-state index contributed by atoms with van der Waals surface area (Å²) in [7, 11) is 0. The first-order chi connectivity index (χ1) is 7.96. The van der Waals surface area contributed by atoms with E-state index in [2.05, 4.69) is 10.2 Å². The molecule has 1 aliphatic heterocycles. The van der Waals surface area contributed by atoms with E-state index in [1.807, 2.05) is 0 Å². The van der Waals surface area contributed by atoms with Crippen LogP contribution in [0.4, 0.5) is 26.3 Å². The van der Waals surface area contributed by atoms with Gasteiger partial charge in [-0.2, -0.15) is 31.4 Å². The van der Waals surface area contributed by atoms with Gasteiger partial charge in [-0.3, -0.25) is 0 Å². The minimum atomic E-state index is -4.83. The molecule has 8 heteroatoms. The largest absolute Gasteiger partial charge is 0.412 e. The summed E-state index contributed by atoms with van der Waals surface area (Å²) in [6.07, 6.45) is -9.59. The summed E-state index contributed by atoms with van der Waals surface area (Å²) in [6.45, 7) is 2.61. The van der Waals surface area contributed by atoms with E-state index in [-0.39, 0.29) is 11.4 Å². The van der Waals surface area contributed by atoms with Crippen molar-refractivity contribution in [2.45, 2.75) is 33.1 Å². The van der Waals surface area contributed by atoms with Crippen molar-refractivity contribution in [1.29, 1.82) is 0 Å². The zero-order valence-electron chi connectivity index (χ0n) is 9.74. The van der Waals surface area contributed by atoms with E-state index in [4.69, 9.17) is 0 Å². The maximum absolute atomic E-state index is 12.6. The molecule has 1 aliphatic rings. The lowest BCUT2D eigenvalue weighted by Gasteiger charge is -2.25. The highest BCUT2D eigenvalue weighted by molar-refractivity contribution is 6.50. The van der Waals surface area contributed by atoms with Crippen molar-refractivity contribution in [3.63, 3.8) is 0 Å². The van der Waals surface area contributed by atoms with Gasteiger partial charge in [-0.1, -0.05) is 0 Å². The van der Waals surface area contributed by atoms with E-state index in [0.717, 1.165) is 0 Å². The molecule has 0 aliphatic carbocycles. The molecule has 18 heavy (non-hydrogen) atoms. The van der Waals surface area contributed by atoms with Crippen molar-refractivity contribution in [1.82, 2.24) is 0 Å². The molecule has 102 valence electrons. The molecule has 0 fully saturated rings. The Bertz CT molecular complexity index is 438. The maximum Gasteiger partial charge on any atom is 0.412 e. The van der Waals surface area contributed by atoms with E-state index in [9.17, 15) is 26.3 Å². The number of nitrogens with zero attached hydrogens (tertiary/aromatic N) is 2. The third kappa shape index (κ3) is 2.73. The summed E-state index contributed by atoms with van der Waals surface area (Å²) in [5.41, 5.74) is -2.40. The first-order valence-electron chi connectivity index (χ1n) is 4.94. The molecule has 0 amide bonds. The summed E-state index contributed by atoms with van der Waals surface area (Å²) < 4.78 is 75.5. The Morgan fingerprint density at radius 2 is 1.56 bits per heavy atom. The first kappa shape index (κ1) is 14.7. The molecule has 0 radical (unpaired) electrons. The second-order valence-corrected chi connectivity index (χ2v) is 3.93. The lowest BCUT2D eigenvalue weighted by Crippen LogP contribution is -2.33. The van der Waals surface area contributed by atoms with Crippen LogP contribution in [0.3, 0.4) is 0 Å². The van der Waals surface area contributed by atoms with Crippen molar-refractivity contribution >= 4 is 11.4 Å². The van der Waals surface area contributed by atoms with Gasteiger partial charge in [0.2, 0.25) is 0 Å². The van der Waals surface area contributed by atoms with Crippen LogP contribution in [0.15, 0.2) is 21.3 Å². The van der Waals surface area contributed by atoms with Gasteiger partial charge in [0.05, 0.1) is 11.6 Å². The monoisotopic (exact) mass is 272 g/mol. The highest BCUT2D eigenvalue weighted by Gasteiger charge is 2.46. The smallest absolute Gasteiger partial charge is 0.170 e. The van der Waals surface area contributed by atoms with Gasteiger partial charge >= 0.3 is 12.4 Å². The van der Waals surface area contributed by atoms with Gasteiger partial charge in [0.15, 0.2) is 0 Å². The van der Waals surface area contributed by atoms with E-state index in [0.29, 0.717) is 13.8 Å². The standard InChI is InChI=1S/C10H10F6N2/c1-4(9(11,12)13)7(5(2)10(14,15)16)8-6(3)17-18-8/h4H,1-3H3/b7-5-/t4-/m0/s1. The summed E-state index contributed by atoms with van der Waals surface area (Å²) in [4.78, 5) is 0. The number of allylic oxidation sites excluding steroid dienone is 2. The molecule has 1 heterocycles. The predicted molar refractivity (Wildman–Crippen MR) is 54.5 cm³/mol. The van der Waals surface area contributed by atoms with Crippen LogP contribution in [-0.2, 0) is 0 Å². The quantitative estimate of drug-likeness (QED) is 0.681. The van der Waals surface area contributed by atoms with Crippen LogP contribution < -0.4 is 0 Å². The predicted octanol–water partition coefficient (Wildman–Crippen LogP) is 3.89. The van der Waals surface area contributed by atoms with Crippen LogP contribution >= 0.6 is 0 Å². The molecule has 0 aromatic carbocycles. The lowest BCUT2D eigenvalue weighted by molar-refractivity contribution is -0.159. The fourth-order valence-electron chi connectivity index (χ4n) is 1.47. The highest BCUT2D eigenvalue weighted by Crippen LogP contribution is 2.39. The zero-order chi connectivity index (χ0) is 14.3. The Morgan fingerprint density at radius 3 is 1.78 bits per heavy atom. The molecule has 0 bridgehead atoms. The molecule has 0 aromatic rings. The average Bonchev–Trinajstić information content (AvgIpc) is 2.18. The number of alkyl halides is 6. The number of halogens is 6. The normalized spacial score (nSPS) is 19.6. The second-order valence-electron chi connectivity index (χ2n) is 3.93. The van der Waals surface area contributed by atoms with E-state index in [1.165, 1.54) is 6.92 Å². The Morgan fingerprint density at radius 1 is 1.06 bits per heavy atom. The van der Waals surface area contributed by atoms with E-state index in [1.54, 1.807) is 0 Å². The summed E-state index contributed by atoms with van der Waals surface area (Å²) in [5.74, 6) is -2.25. The molecule has 0 saturated heterocycles. The fourth-order valence-corrected chi connectivity index (χ4v) is 1.47. The molecule has 0 aromatic heterocycles. The van der Waals surface area contributed by atoms with Gasteiger partial charge < -0.3 is 0 Å². The Labute approximate surface area is 99.1 Å². The van der Waals surface area contributed by atoms with Crippen molar-refractivity contribution in [2.75, 3.05) is 0 Å². The van der Waals surface area contributed by atoms with Gasteiger partial charge in [-0.15, -0.1) is 5.10 Å². The van der Waals surface area contributed by atoms with Crippen LogP contribution in [0.5, 0.6) is 0 Å². The van der Waals surface area contributed by atoms with Crippen LogP contribution in [0.1, 0.15) is 20.8 Å². The summed E-state index contributed by atoms with van der Waals surface area (Å²) in [5, 5.41) is 6.60. The first-order valence-corrected chi connectivity index (χ1v) is 4.94. The third-order valence-corrected chi connectivity index (χ3v) is 2.65. The number of hydrogen-bond acceptors (Lipinski definition) is 2. The molecular formula is C10H10F6N2. The summed E-state index contributed by atoms with van der Waals surface area (Å²) >= 11 is 0. The van der Waals surface area contributed by atoms with Crippen LogP contribution in [-0.4, -0.2) is 23.8 Å². The Balaban J connectivity index is 3.30. The van der Waals surface area contributed by atoms with Crippen LogP contribution in [0, 0.1) is 5.92 Å². The minimum absolute atomic E-state index is 0.0738. The van der Waals surface area contributed by atoms with Gasteiger partial charge in [0.25, 0.3) is 0 Å². The molecular weight excluding hydrogens is 262 g/mol. The number of hydrogen-bond donors (Lipinski definition) is 0. The van der Waals surface area contributed by atoms with Crippen molar-refractivity contribution < 1.29 is 26.3 Å². The second kappa shape index (κ2) is 4.40. The molecule has 0 unspecified atom stereocenters. The van der Waals surface area contributed by atoms with E-state index >= 15 is 0 Å². The molecule has 1 atom stereocenters. The van der Waals surface area contributed by atoms with Gasteiger partial charge in [-0.25, -0.2) is 0 Å². The third-order valence-electron chi connectivity index (χ3n) is 2.65. The topological polar surface area (TPSA) is 24.7 Å². The molecule has 0 N–H and O–H groups in total. The minimum Gasteiger partial charge on any atom is -0.170 e. The molecule has 2 nitrogen and oxygen atoms in total. The van der Waals surface area contributed by atoms with Crippen molar-refractivity contribution in [2.24, 2.45) is 16.1 Å². The fraction of sp³-hybridized carbons (Fsp3) is 0.600. The SMILES string of the molecule is CC1=NN=C1/C(=C(/C)C(F)(F)F)[C@H](C)C(F)(F)F. The van der Waals surface area contributed by atoms with Gasteiger partial charge in [0.1, 0.15) is 5.71 Å². The summed E-state index contributed by atoms with van der Waals surface area (Å²) in [6, 6.07) is 0. The maximum atomic E-state index is 12.6. The van der Waals surface area contributed by atoms with Crippen molar-refractivity contribution in [3.05, 3.63) is 11.1 Å². The Hall–Kier alpha value is -1.34. The number of rotatable bonds is 2. The molecule has 0 saturated carbocycles. The zero-order valence-corrected chi connectivity index (χ0v) is 9.74. The van der Waals surface area contributed by atoms with Gasteiger partial charge in [-0.05, 0) is 20.8 Å². The van der Waals surface area contributed by atoms with Crippen LogP contribution in [0.25, 0.3) is 0 Å². The molecule has 1 rings (SSSR count). The average molecular weight is 272 g/mol.